The lowest BCUT2D eigenvalue weighted by Crippen LogP contribution is -2.41. The highest BCUT2D eigenvalue weighted by Crippen LogP contribution is 2.12. The molecular formula is C17H17FN2O3. The summed E-state index contributed by atoms with van der Waals surface area (Å²) >= 11 is 0. The first-order chi connectivity index (χ1) is 11.1. The minimum Gasteiger partial charge on any atom is -0.445 e. The van der Waals surface area contributed by atoms with Crippen LogP contribution in [0.25, 0.3) is 0 Å². The number of alkyl carbamates (subject to hydrolysis) is 1. The molecule has 0 aliphatic heterocycles. The summed E-state index contributed by atoms with van der Waals surface area (Å²) in [6.45, 7) is 1.59. The van der Waals surface area contributed by atoms with Crippen LogP contribution in [0.15, 0.2) is 54.6 Å². The van der Waals surface area contributed by atoms with Gasteiger partial charge in [-0.25, -0.2) is 9.18 Å². The van der Waals surface area contributed by atoms with E-state index >= 15 is 0 Å². The summed E-state index contributed by atoms with van der Waals surface area (Å²) in [7, 11) is 0. The van der Waals surface area contributed by atoms with E-state index in [2.05, 4.69) is 10.6 Å². The Morgan fingerprint density at radius 2 is 1.74 bits per heavy atom. The Labute approximate surface area is 133 Å². The molecule has 2 aromatic carbocycles. The maximum absolute atomic E-state index is 13.5. The van der Waals surface area contributed by atoms with Gasteiger partial charge in [-0.05, 0) is 24.6 Å². The van der Waals surface area contributed by atoms with Crippen LogP contribution in [-0.4, -0.2) is 18.0 Å². The second-order valence-electron chi connectivity index (χ2n) is 4.90. The van der Waals surface area contributed by atoms with Crippen LogP contribution in [-0.2, 0) is 16.1 Å². The van der Waals surface area contributed by atoms with Gasteiger partial charge < -0.3 is 15.4 Å². The van der Waals surface area contributed by atoms with Crippen molar-refractivity contribution in [2.45, 2.75) is 19.6 Å². The zero-order valence-electron chi connectivity index (χ0n) is 12.6. The first kappa shape index (κ1) is 16.5. The lowest BCUT2D eigenvalue weighted by atomic mass is 10.2. The molecule has 5 nitrogen and oxygen atoms in total. The van der Waals surface area contributed by atoms with E-state index in [1.165, 1.54) is 25.1 Å². The molecule has 0 bridgehead atoms. The molecule has 120 valence electrons. The first-order valence-corrected chi connectivity index (χ1v) is 7.09. The Morgan fingerprint density at radius 3 is 2.43 bits per heavy atom. The summed E-state index contributed by atoms with van der Waals surface area (Å²) in [6.07, 6.45) is -0.718. The van der Waals surface area contributed by atoms with Crippen molar-refractivity contribution >= 4 is 17.7 Å². The van der Waals surface area contributed by atoms with Gasteiger partial charge in [-0.1, -0.05) is 42.5 Å². The summed E-state index contributed by atoms with van der Waals surface area (Å²) in [6, 6.07) is 14.1. The van der Waals surface area contributed by atoms with Crippen molar-refractivity contribution in [1.82, 2.24) is 5.32 Å². The molecule has 1 atom stereocenters. The number of hydrogen-bond acceptors (Lipinski definition) is 3. The third-order valence-corrected chi connectivity index (χ3v) is 3.07. The fraction of sp³-hybridized carbons (Fsp3) is 0.176. The van der Waals surface area contributed by atoms with Crippen molar-refractivity contribution in [2.24, 2.45) is 0 Å². The number of benzene rings is 2. The number of carbonyl (C=O) groups excluding carboxylic acids is 2. The second kappa shape index (κ2) is 7.93. The van der Waals surface area contributed by atoms with E-state index < -0.39 is 23.9 Å². The Kier molecular flexibility index (Phi) is 5.68. The molecule has 0 fully saturated rings. The summed E-state index contributed by atoms with van der Waals surface area (Å²) in [5.74, 6) is -1.08. The van der Waals surface area contributed by atoms with Crippen molar-refractivity contribution < 1.29 is 18.7 Å². The van der Waals surface area contributed by atoms with E-state index in [0.29, 0.717) is 0 Å². The van der Waals surface area contributed by atoms with Crippen molar-refractivity contribution in [1.29, 1.82) is 0 Å². The Morgan fingerprint density at radius 1 is 1.09 bits per heavy atom. The molecule has 0 saturated heterocycles. The zero-order chi connectivity index (χ0) is 16.7. The van der Waals surface area contributed by atoms with Gasteiger partial charge >= 0.3 is 6.09 Å². The van der Waals surface area contributed by atoms with Gasteiger partial charge in [0, 0.05) is 0 Å². The van der Waals surface area contributed by atoms with Crippen LogP contribution in [0.3, 0.4) is 0 Å². The van der Waals surface area contributed by atoms with Crippen LogP contribution in [0.5, 0.6) is 0 Å². The Bertz CT molecular complexity index is 677. The van der Waals surface area contributed by atoms with Gasteiger partial charge in [0.15, 0.2) is 0 Å². The number of para-hydroxylation sites is 1. The van der Waals surface area contributed by atoms with Gasteiger partial charge in [0.1, 0.15) is 18.5 Å². The summed E-state index contributed by atoms with van der Waals surface area (Å²) < 4.78 is 18.5. The molecule has 0 aliphatic rings. The fourth-order valence-electron chi connectivity index (χ4n) is 1.81. The Hall–Kier alpha value is -2.89. The van der Waals surface area contributed by atoms with Gasteiger partial charge in [0.25, 0.3) is 0 Å². The number of rotatable bonds is 5. The van der Waals surface area contributed by atoms with Crippen LogP contribution in [0, 0.1) is 5.82 Å². The van der Waals surface area contributed by atoms with Gasteiger partial charge in [-0.2, -0.15) is 0 Å². The van der Waals surface area contributed by atoms with Crippen molar-refractivity contribution in [3.63, 3.8) is 0 Å². The lowest BCUT2D eigenvalue weighted by molar-refractivity contribution is -0.117. The third kappa shape index (κ3) is 5.10. The van der Waals surface area contributed by atoms with Crippen LogP contribution >= 0.6 is 0 Å². The number of amides is 2. The molecule has 0 saturated carbocycles. The molecule has 0 heterocycles. The van der Waals surface area contributed by atoms with Crippen molar-refractivity contribution in [3.8, 4) is 0 Å². The fourth-order valence-corrected chi connectivity index (χ4v) is 1.81. The lowest BCUT2D eigenvalue weighted by Gasteiger charge is -2.14. The predicted molar refractivity (Wildman–Crippen MR) is 84.3 cm³/mol. The van der Waals surface area contributed by atoms with E-state index in [4.69, 9.17) is 4.74 Å². The molecule has 2 N–H and O–H groups in total. The highest BCUT2D eigenvalue weighted by atomic mass is 19.1. The number of halogens is 1. The smallest absolute Gasteiger partial charge is 0.408 e. The van der Waals surface area contributed by atoms with E-state index in [9.17, 15) is 14.0 Å². The monoisotopic (exact) mass is 316 g/mol. The van der Waals surface area contributed by atoms with Crippen LogP contribution < -0.4 is 10.6 Å². The van der Waals surface area contributed by atoms with E-state index in [0.717, 1.165) is 5.56 Å². The van der Waals surface area contributed by atoms with E-state index in [-0.39, 0.29) is 12.3 Å². The number of carbonyl (C=O) groups is 2. The highest BCUT2D eigenvalue weighted by Gasteiger charge is 2.17. The molecule has 0 spiro atoms. The SMILES string of the molecule is CC(NC(=O)OCc1ccccc1)C(=O)Nc1ccccc1F. The average Bonchev–Trinajstić information content (AvgIpc) is 2.56. The first-order valence-electron chi connectivity index (χ1n) is 7.09. The van der Waals surface area contributed by atoms with Crippen molar-refractivity contribution in [3.05, 3.63) is 66.0 Å². The summed E-state index contributed by atoms with van der Waals surface area (Å²) in [5, 5.41) is 4.80. The maximum Gasteiger partial charge on any atom is 0.408 e. The van der Waals surface area contributed by atoms with Gasteiger partial charge in [0.05, 0.1) is 5.69 Å². The van der Waals surface area contributed by atoms with E-state index in [1.807, 2.05) is 30.3 Å². The van der Waals surface area contributed by atoms with Crippen molar-refractivity contribution in [2.75, 3.05) is 5.32 Å². The molecule has 2 amide bonds. The molecule has 6 heteroatoms. The number of nitrogens with one attached hydrogen (secondary N) is 2. The number of ether oxygens (including phenoxy) is 1. The zero-order valence-corrected chi connectivity index (χ0v) is 12.6. The molecule has 0 aliphatic carbocycles. The highest BCUT2D eigenvalue weighted by molar-refractivity contribution is 5.96. The topological polar surface area (TPSA) is 67.4 Å². The standard InChI is InChI=1S/C17H17FN2O3/c1-12(16(21)20-15-10-6-5-9-14(15)18)19-17(22)23-11-13-7-3-2-4-8-13/h2-10,12H,11H2,1H3,(H,19,22)(H,20,21). The molecule has 0 aromatic heterocycles. The number of anilines is 1. The second-order valence-corrected chi connectivity index (χ2v) is 4.90. The van der Waals surface area contributed by atoms with Crippen LogP contribution in [0.1, 0.15) is 12.5 Å². The maximum atomic E-state index is 13.5. The third-order valence-electron chi connectivity index (χ3n) is 3.07. The Balaban J connectivity index is 1.81. The molecule has 0 radical (unpaired) electrons. The minimum absolute atomic E-state index is 0.0591. The molecule has 1 unspecified atom stereocenters. The van der Waals surface area contributed by atoms with Crippen LogP contribution in [0.2, 0.25) is 0 Å². The minimum atomic E-state index is -0.863. The average molecular weight is 316 g/mol. The molecule has 23 heavy (non-hydrogen) atoms. The molecule has 2 aromatic rings. The largest absolute Gasteiger partial charge is 0.445 e. The van der Waals surface area contributed by atoms with Crippen LogP contribution in [0.4, 0.5) is 14.9 Å². The van der Waals surface area contributed by atoms with Gasteiger partial charge in [-0.15, -0.1) is 0 Å². The predicted octanol–water partition coefficient (Wildman–Crippen LogP) is 3.08. The quantitative estimate of drug-likeness (QED) is 0.891. The van der Waals surface area contributed by atoms with E-state index in [1.54, 1.807) is 6.07 Å². The normalized spacial score (nSPS) is 11.4. The summed E-state index contributed by atoms with van der Waals surface area (Å²) in [5.41, 5.74) is 0.898. The van der Waals surface area contributed by atoms with Gasteiger partial charge in [0.2, 0.25) is 5.91 Å². The van der Waals surface area contributed by atoms with Gasteiger partial charge in [-0.3, -0.25) is 4.79 Å². The molecular weight excluding hydrogens is 299 g/mol. The molecule has 2 rings (SSSR count). The summed E-state index contributed by atoms with van der Waals surface area (Å²) in [4.78, 5) is 23.6. The number of hydrogen-bond donors (Lipinski definition) is 2.